The summed E-state index contributed by atoms with van der Waals surface area (Å²) < 4.78 is 5.82. The number of nitrogens with zero attached hydrogens (tertiary/aromatic N) is 1. The summed E-state index contributed by atoms with van der Waals surface area (Å²) in [5, 5.41) is 10.6. The van der Waals surface area contributed by atoms with E-state index in [1.54, 1.807) is 0 Å². The molecule has 0 fully saturated rings. The molecule has 0 unspecified atom stereocenters. The maximum Gasteiger partial charge on any atom is 0.122 e. The minimum atomic E-state index is -0.558. The molecule has 0 saturated heterocycles. The van der Waals surface area contributed by atoms with Gasteiger partial charge >= 0.3 is 0 Å². The summed E-state index contributed by atoms with van der Waals surface area (Å²) in [7, 11) is 0. The molecule has 0 aliphatic rings. The highest BCUT2D eigenvalue weighted by molar-refractivity contribution is 5.31. The molecule has 0 bridgehead atoms. The summed E-state index contributed by atoms with van der Waals surface area (Å²) in [4.78, 5) is 2.26. The Hall–Kier alpha value is -2.62. The largest absolute Gasteiger partial charge is 0.491 e. The molecule has 0 aliphatic carbocycles. The van der Waals surface area contributed by atoms with Crippen molar-refractivity contribution >= 4 is 0 Å². The van der Waals surface area contributed by atoms with Gasteiger partial charge in [-0.25, -0.2) is 0 Å². The second-order valence-electron chi connectivity index (χ2n) is 6.87. The smallest absolute Gasteiger partial charge is 0.122 e. The molecule has 0 radical (unpaired) electrons. The predicted octanol–water partition coefficient (Wildman–Crippen LogP) is 4.44. The molecule has 3 rings (SSSR count). The molecule has 1 atom stereocenters. The maximum absolute atomic E-state index is 10.6. The van der Waals surface area contributed by atoms with Crippen LogP contribution in [0.3, 0.4) is 0 Å². The minimum absolute atomic E-state index is 0.283. The molecule has 27 heavy (non-hydrogen) atoms. The van der Waals surface area contributed by atoms with E-state index in [1.807, 2.05) is 67.6 Å². The van der Waals surface area contributed by atoms with Gasteiger partial charge in [-0.15, -0.1) is 0 Å². The molecule has 0 heterocycles. The summed E-state index contributed by atoms with van der Waals surface area (Å²) in [6.07, 6.45) is -0.558. The summed E-state index contributed by atoms with van der Waals surface area (Å²) in [5.41, 5.74) is 3.55. The number of aliphatic hydroxyl groups is 1. The molecule has 3 aromatic carbocycles. The molecule has 3 heteroatoms. The van der Waals surface area contributed by atoms with E-state index in [2.05, 4.69) is 29.2 Å². The van der Waals surface area contributed by atoms with E-state index < -0.39 is 6.10 Å². The maximum atomic E-state index is 10.6. The average Bonchev–Trinajstić information content (AvgIpc) is 2.69. The van der Waals surface area contributed by atoms with Crippen LogP contribution in [0.1, 0.15) is 16.7 Å². The SMILES string of the molecule is Cc1ccccc1OC[C@H](O)CN(Cc1ccccc1)Cc1ccccc1. The predicted molar refractivity (Wildman–Crippen MR) is 110 cm³/mol. The fraction of sp³-hybridized carbons (Fsp3) is 0.250. The van der Waals surface area contributed by atoms with Gasteiger partial charge in [0.25, 0.3) is 0 Å². The second kappa shape index (κ2) is 9.91. The summed E-state index contributed by atoms with van der Waals surface area (Å²) in [6.45, 7) is 4.42. The zero-order valence-electron chi connectivity index (χ0n) is 15.8. The average molecular weight is 361 g/mol. The van der Waals surface area contributed by atoms with Gasteiger partial charge in [-0.05, 0) is 29.7 Å². The summed E-state index contributed by atoms with van der Waals surface area (Å²) in [5.74, 6) is 0.828. The van der Waals surface area contributed by atoms with E-state index in [4.69, 9.17) is 4.74 Å². The van der Waals surface area contributed by atoms with Crippen LogP contribution in [0.2, 0.25) is 0 Å². The highest BCUT2D eigenvalue weighted by atomic mass is 16.5. The molecule has 0 spiro atoms. The van der Waals surface area contributed by atoms with Gasteiger partial charge in [0.05, 0.1) is 0 Å². The Morgan fingerprint density at radius 2 is 1.30 bits per heavy atom. The number of rotatable bonds is 9. The van der Waals surface area contributed by atoms with Crippen LogP contribution in [0, 0.1) is 6.92 Å². The van der Waals surface area contributed by atoms with Crippen LogP contribution in [-0.4, -0.2) is 29.3 Å². The van der Waals surface area contributed by atoms with Gasteiger partial charge in [-0.1, -0.05) is 78.9 Å². The van der Waals surface area contributed by atoms with Gasteiger partial charge < -0.3 is 9.84 Å². The zero-order chi connectivity index (χ0) is 18.9. The Morgan fingerprint density at radius 1 is 0.778 bits per heavy atom. The first-order valence-electron chi connectivity index (χ1n) is 9.37. The van der Waals surface area contributed by atoms with E-state index in [0.29, 0.717) is 6.54 Å². The van der Waals surface area contributed by atoms with Crippen molar-refractivity contribution in [1.29, 1.82) is 0 Å². The first-order valence-corrected chi connectivity index (χ1v) is 9.37. The van der Waals surface area contributed by atoms with Crippen LogP contribution in [0.15, 0.2) is 84.9 Å². The van der Waals surface area contributed by atoms with Crippen molar-refractivity contribution in [3.05, 3.63) is 102 Å². The Kier molecular flexibility index (Phi) is 7.03. The van der Waals surface area contributed by atoms with Gasteiger partial charge in [-0.3, -0.25) is 4.90 Å². The van der Waals surface area contributed by atoms with Crippen molar-refractivity contribution in [3.63, 3.8) is 0 Å². The fourth-order valence-corrected chi connectivity index (χ4v) is 3.12. The van der Waals surface area contributed by atoms with Gasteiger partial charge in [0, 0.05) is 19.6 Å². The second-order valence-corrected chi connectivity index (χ2v) is 6.87. The highest BCUT2D eigenvalue weighted by Crippen LogP contribution is 2.17. The highest BCUT2D eigenvalue weighted by Gasteiger charge is 2.14. The third-order valence-electron chi connectivity index (χ3n) is 4.49. The number of ether oxygens (including phenoxy) is 1. The zero-order valence-corrected chi connectivity index (χ0v) is 15.8. The molecule has 1 N–H and O–H groups in total. The number of hydrogen-bond donors (Lipinski definition) is 1. The van der Waals surface area contributed by atoms with E-state index in [0.717, 1.165) is 24.4 Å². The van der Waals surface area contributed by atoms with Crippen LogP contribution < -0.4 is 4.74 Å². The summed E-state index contributed by atoms with van der Waals surface area (Å²) >= 11 is 0. The third kappa shape index (κ3) is 6.24. The van der Waals surface area contributed by atoms with Crippen LogP contribution in [0.25, 0.3) is 0 Å². The van der Waals surface area contributed by atoms with Crippen molar-refractivity contribution < 1.29 is 9.84 Å². The number of hydrogen-bond acceptors (Lipinski definition) is 3. The van der Waals surface area contributed by atoms with Crippen molar-refractivity contribution in [1.82, 2.24) is 4.90 Å². The third-order valence-corrected chi connectivity index (χ3v) is 4.49. The molecule has 0 saturated carbocycles. The van der Waals surface area contributed by atoms with Crippen molar-refractivity contribution in [2.45, 2.75) is 26.1 Å². The summed E-state index contributed by atoms with van der Waals surface area (Å²) in [6, 6.07) is 28.6. The monoisotopic (exact) mass is 361 g/mol. The first-order chi connectivity index (χ1) is 13.2. The molecular weight excluding hydrogens is 334 g/mol. The Labute approximate surface area is 161 Å². The lowest BCUT2D eigenvalue weighted by molar-refractivity contribution is 0.0626. The topological polar surface area (TPSA) is 32.7 Å². The Bertz CT molecular complexity index is 763. The normalized spacial score (nSPS) is 12.1. The lowest BCUT2D eigenvalue weighted by atomic mass is 10.1. The van der Waals surface area contributed by atoms with Crippen molar-refractivity contribution in [2.24, 2.45) is 0 Å². The van der Waals surface area contributed by atoms with Crippen LogP contribution >= 0.6 is 0 Å². The van der Waals surface area contributed by atoms with E-state index in [1.165, 1.54) is 11.1 Å². The number of benzene rings is 3. The van der Waals surface area contributed by atoms with Crippen LogP contribution in [-0.2, 0) is 13.1 Å². The van der Waals surface area contributed by atoms with E-state index in [-0.39, 0.29) is 6.61 Å². The molecule has 3 aromatic rings. The standard InChI is InChI=1S/C24H27NO2/c1-20-10-8-9-15-24(20)27-19-23(26)18-25(16-21-11-4-2-5-12-21)17-22-13-6-3-7-14-22/h2-15,23,26H,16-19H2,1H3/t23-/m1/s1. The Balaban J connectivity index is 1.62. The number of aryl methyl sites for hydroxylation is 1. The lowest BCUT2D eigenvalue weighted by Crippen LogP contribution is -2.35. The van der Waals surface area contributed by atoms with Crippen LogP contribution in [0.5, 0.6) is 5.75 Å². The number of para-hydroxylation sites is 1. The van der Waals surface area contributed by atoms with Crippen molar-refractivity contribution in [3.8, 4) is 5.75 Å². The van der Waals surface area contributed by atoms with Gasteiger partial charge in [0.15, 0.2) is 0 Å². The van der Waals surface area contributed by atoms with E-state index in [9.17, 15) is 5.11 Å². The Morgan fingerprint density at radius 3 is 1.85 bits per heavy atom. The molecule has 0 amide bonds. The van der Waals surface area contributed by atoms with E-state index >= 15 is 0 Å². The van der Waals surface area contributed by atoms with Gasteiger partial charge in [0.2, 0.25) is 0 Å². The fourth-order valence-electron chi connectivity index (χ4n) is 3.12. The minimum Gasteiger partial charge on any atom is -0.491 e. The van der Waals surface area contributed by atoms with Crippen LogP contribution in [0.4, 0.5) is 0 Å². The number of aliphatic hydroxyl groups excluding tert-OH is 1. The lowest BCUT2D eigenvalue weighted by Gasteiger charge is -2.25. The molecular formula is C24H27NO2. The molecule has 0 aromatic heterocycles. The van der Waals surface area contributed by atoms with Gasteiger partial charge in [-0.2, -0.15) is 0 Å². The molecule has 3 nitrogen and oxygen atoms in total. The first kappa shape index (κ1) is 19.2. The molecule has 140 valence electrons. The molecule has 0 aliphatic heterocycles. The quantitative estimate of drug-likeness (QED) is 0.612. The van der Waals surface area contributed by atoms with Crippen molar-refractivity contribution in [2.75, 3.05) is 13.2 Å². The van der Waals surface area contributed by atoms with Gasteiger partial charge in [0.1, 0.15) is 18.5 Å².